The van der Waals surface area contributed by atoms with Gasteiger partial charge in [0, 0.05) is 0 Å². The maximum atomic E-state index is 2.60. The van der Waals surface area contributed by atoms with Crippen molar-refractivity contribution < 1.29 is 0 Å². The summed E-state index contributed by atoms with van der Waals surface area (Å²) in [5.41, 5.74) is 0.856. The minimum atomic E-state index is 0.856. The summed E-state index contributed by atoms with van der Waals surface area (Å²) in [6, 6.07) is 0. The number of halogens is 1. The molecule has 0 aromatic carbocycles. The lowest BCUT2D eigenvalue weighted by Gasteiger charge is -2.56. The van der Waals surface area contributed by atoms with Crippen LogP contribution in [0.5, 0.6) is 0 Å². The topological polar surface area (TPSA) is 0 Å². The van der Waals surface area contributed by atoms with Gasteiger partial charge in [-0.05, 0) is 67.9 Å². The van der Waals surface area contributed by atoms with E-state index in [1.807, 2.05) is 0 Å². The molecule has 1 unspecified atom stereocenters. The van der Waals surface area contributed by atoms with Crippen molar-refractivity contribution in [2.45, 2.75) is 38.5 Å². The van der Waals surface area contributed by atoms with Crippen LogP contribution in [0, 0.1) is 23.2 Å². The fourth-order valence-corrected chi connectivity index (χ4v) is 7.79. The van der Waals surface area contributed by atoms with Crippen molar-refractivity contribution in [3.8, 4) is 0 Å². The van der Waals surface area contributed by atoms with Crippen molar-refractivity contribution >= 4 is 28.3 Å². The van der Waals surface area contributed by atoms with E-state index in [4.69, 9.17) is 0 Å². The fraction of sp³-hybridized carbons (Fsp3) is 1.00. The van der Waals surface area contributed by atoms with Crippen LogP contribution in [0.25, 0.3) is 0 Å². The molecule has 4 rings (SSSR count). The van der Waals surface area contributed by atoms with Crippen molar-refractivity contribution in [2.24, 2.45) is 23.2 Å². The monoisotopic (exact) mass is 308 g/mol. The average molecular weight is 308 g/mol. The van der Waals surface area contributed by atoms with Gasteiger partial charge < -0.3 is 0 Å². The lowest BCUT2D eigenvalue weighted by molar-refractivity contribution is -0.0383. The molecule has 1 atom stereocenters. The third kappa shape index (κ3) is 1.58. The molecular weight excluding hydrogens is 290 g/mol. The van der Waals surface area contributed by atoms with Gasteiger partial charge in [0.1, 0.15) is 0 Å². The van der Waals surface area contributed by atoms with Crippen LogP contribution >= 0.6 is 28.3 Å². The predicted octanol–water partition coefficient (Wildman–Crippen LogP) is 4.23. The molecule has 4 aliphatic carbocycles. The second-order valence-corrected chi connectivity index (χ2v) is 8.64. The maximum absolute atomic E-state index is 2.60. The molecule has 4 bridgehead atoms. The van der Waals surface area contributed by atoms with Crippen LogP contribution in [-0.2, 0) is 0 Å². The quantitative estimate of drug-likeness (QED) is 0.529. The summed E-state index contributed by atoms with van der Waals surface area (Å²) in [5.74, 6) is 3.46. The second kappa shape index (κ2) is 3.33. The third-order valence-electron chi connectivity index (χ3n) is 4.61. The van der Waals surface area contributed by atoms with E-state index in [1.54, 1.807) is 44.7 Å². The summed E-state index contributed by atoms with van der Waals surface area (Å²) in [4.78, 5) is 0. The van der Waals surface area contributed by atoms with Gasteiger partial charge in [-0.3, -0.25) is 0 Å². The first kappa shape index (κ1) is 9.39. The molecule has 0 nitrogen and oxygen atoms in total. The SMILES string of the molecule is IPCC12CC3CC(CC(C3)C1)C2. The molecule has 4 aliphatic rings. The molecule has 74 valence electrons. The molecule has 13 heavy (non-hydrogen) atoms. The van der Waals surface area contributed by atoms with E-state index in [1.165, 1.54) is 6.22 Å². The number of rotatable bonds is 2. The van der Waals surface area contributed by atoms with Gasteiger partial charge in [0.2, 0.25) is 0 Å². The summed E-state index contributed by atoms with van der Waals surface area (Å²) in [6.45, 7) is 0. The molecule has 2 heteroatoms. The van der Waals surface area contributed by atoms with E-state index in [0.29, 0.717) is 0 Å². The third-order valence-corrected chi connectivity index (χ3v) is 6.63. The van der Waals surface area contributed by atoms with Crippen molar-refractivity contribution in [3.05, 3.63) is 0 Å². The van der Waals surface area contributed by atoms with Crippen molar-refractivity contribution in [3.63, 3.8) is 0 Å². The van der Waals surface area contributed by atoms with Gasteiger partial charge in [-0.15, -0.1) is 0 Å². The first-order valence-corrected chi connectivity index (χ1v) is 9.95. The van der Waals surface area contributed by atoms with Crippen LogP contribution in [0.15, 0.2) is 0 Å². The van der Waals surface area contributed by atoms with E-state index in [-0.39, 0.29) is 0 Å². The van der Waals surface area contributed by atoms with Gasteiger partial charge >= 0.3 is 0 Å². The fourth-order valence-electron chi connectivity index (χ4n) is 4.65. The highest BCUT2D eigenvalue weighted by Gasteiger charge is 2.50. The molecule has 0 heterocycles. The van der Waals surface area contributed by atoms with E-state index in [9.17, 15) is 0 Å². The lowest BCUT2D eigenvalue weighted by atomic mass is 9.50. The minimum absolute atomic E-state index is 0.856. The number of hydrogen-bond acceptors (Lipinski definition) is 0. The Bertz CT molecular complexity index is 179. The Kier molecular flexibility index (Phi) is 2.41. The summed E-state index contributed by atoms with van der Waals surface area (Å²) in [5, 5.41) is 0. The van der Waals surface area contributed by atoms with Gasteiger partial charge in [0.05, 0.1) is 0 Å². The zero-order valence-electron chi connectivity index (χ0n) is 8.06. The maximum Gasteiger partial charge on any atom is -0.0205 e. The summed E-state index contributed by atoms with van der Waals surface area (Å²) >= 11 is 2.60. The lowest BCUT2D eigenvalue weighted by Crippen LogP contribution is -2.46. The van der Waals surface area contributed by atoms with Gasteiger partial charge in [0.25, 0.3) is 0 Å². The van der Waals surface area contributed by atoms with Crippen LogP contribution < -0.4 is 0 Å². The van der Waals surface area contributed by atoms with Gasteiger partial charge in [-0.2, -0.15) is 0 Å². The predicted molar refractivity (Wildman–Crippen MR) is 67.8 cm³/mol. The largest absolute Gasteiger partial charge is 0.0572 e. The van der Waals surface area contributed by atoms with Gasteiger partial charge in [0.15, 0.2) is 0 Å². The number of hydrogen-bond donors (Lipinski definition) is 0. The molecule has 0 aromatic rings. The van der Waals surface area contributed by atoms with E-state index < -0.39 is 0 Å². The molecule has 0 radical (unpaired) electrons. The van der Waals surface area contributed by atoms with Crippen LogP contribution in [0.3, 0.4) is 0 Å². The Morgan fingerprint density at radius 3 is 1.85 bits per heavy atom. The highest BCUT2D eigenvalue weighted by Crippen LogP contribution is 2.61. The summed E-state index contributed by atoms with van der Waals surface area (Å²) in [7, 11) is 0. The molecule has 0 spiro atoms. The Morgan fingerprint density at radius 1 is 1.00 bits per heavy atom. The van der Waals surface area contributed by atoms with Crippen LogP contribution in [0.2, 0.25) is 0 Å². The zero-order valence-corrected chi connectivity index (χ0v) is 11.2. The van der Waals surface area contributed by atoms with Crippen molar-refractivity contribution in [1.29, 1.82) is 0 Å². The second-order valence-electron chi connectivity index (χ2n) is 5.73. The van der Waals surface area contributed by atoms with E-state index in [2.05, 4.69) is 22.0 Å². The molecule has 0 aromatic heterocycles. The Balaban J connectivity index is 1.83. The molecule has 0 saturated heterocycles. The van der Waals surface area contributed by atoms with Crippen LogP contribution in [0.1, 0.15) is 38.5 Å². The average Bonchev–Trinajstić information content (AvgIpc) is 2.00. The molecule has 0 aliphatic heterocycles. The molecule has 0 amide bonds. The molecule has 4 fully saturated rings. The zero-order chi connectivity index (χ0) is 8.89. The Hall–Kier alpha value is 1.16. The molecular formula is C11H18IP. The van der Waals surface area contributed by atoms with Crippen molar-refractivity contribution in [1.82, 2.24) is 0 Å². The molecule has 0 N–H and O–H groups in total. The normalized spacial score (nSPS) is 53.8. The molecule has 4 saturated carbocycles. The first-order valence-electron chi connectivity index (χ1n) is 5.63. The van der Waals surface area contributed by atoms with E-state index in [0.717, 1.165) is 23.2 Å². The van der Waals surface area contributed by atoms with Gasteiger partial charge in [-0.1, -0.05) is 28.3 Å². The Morgan fingerprint density at radius 2 is 1.46 bits per heavy atom. The van der Waals surface area contributed by atoms with Crippen LogP contribution in [0.4, 0.5) is 0 Å². The first-order chi connectivity index (χ1) is 6.30. The smallest absolute Gasteiger partial charge is 0.0205 e. The van der Waals surface area contributed by atoms with Gasteiger partial charge in [-0.25, -0.2) is 0 Å². The Labute approximate surface area is 95.9 Å². The highest BCUT2D eigenvalue weighted by atomic mass is 127. The minimum Gasteiger partial charge on any atom is -0.0572 e. The van der Waals surface area contributed by atoms with Crippen LogP contribution in [-0.4, -0.2) is 6.16 Å². The standard InChI is InChI=1S/C11H18IP/c12-13-7-11-4-8-1-9(5-11)3-10(2-8)6-11/h8-10,13H,1-7H2. The summed E-state index contributed by atoms with van der Waals surface area (Å²) < 4.78 is 0. The van der Waals surface area contributed by atoms with Crippen molar-refractivity contribution in [2.75, 3.05) is 6.16 Å². The highest BCUT2D eigenvalue weighted by molar-refractivity contribution is 14.2. The van der Waals surface area contributed by atoms with E-state index >= 15 is 0 Å². The summed E-state index contributed by atoms with van der Waals surface area (Å²) in [6.07, 6.45) is 12.3.